The zero-order valence-corrected chi connectivity index (χ0v) is 28.0. The Bertz CT molecular complexity index is 2660. The van der Waals surface area contributed by atoms with E-state index in [1.54, 1.807) is 0 Å². The minimum atomic E-state index is -0.673. The molecule has 10 rings (SSSR count). The van der Waals surface area contributed by atoms with Crippen molar-refractivity contribution in [2.24, 2.45) is 0 Å². The van der Waals surface area contributed by atoms with Crippen LogP contribution in [0.5, 0.6) is 11.5 Å². The van der Waals surface area contributed by atoms with E-state index in [9.17, 15) is 5.26 Å². The lowest BCUT2D eigenvalue weighted by Crippen LogP contribution is -2.32. The van der Waals surface area contributed by atoms with Gasteiger partial charge in [-0.1, -0.05) is 127 Å². The van der Waals surface area contributed by atoms with Gasteiger partial charge in [0.1, 0.15) is 11.5 Å². The van der Waals surface area contributed by atoms with Crippen LogP contribution in [0.4, 0.5) is 0 Å². The third-order valence-electron chi connectivity index (χ3n) is 10.4. The molecule has 1 spiro atoms. The van der Waals surface area contributed by atoms with Crippen molar-refractivity contribution in [1.82, 2.24) is 9.97 Å². The van der Waals surface area contributed by atoms with E-state index in [0.717, 1.165) is 61.8 Å². The summed E-state index contributed by atoms with van der Waals surface area (Å²) in [4.78, 5) is 10.4. The number of para-hydroxylation sites is 1. The van der Waals surface area contributed by atoms with E-state index in [-0.39, 0.29) is 0 Å². The molecule has 1 aliphatic carbocycles. The average molecular weight is 664 g/mol. The zero-order valence-electron chi connectivity index (χ0n) is 28.0. The van der Waals surface area contributed by atoms with Gasteiger partial charge in [0.25, 0.3) is 0 Å². The van der Waals surface area contributed by atoms with E-state index in [1.807, 2.05) is 66.7 Å². The number of nitrogens with zero attached hydrogens (tertiary/aromatic N) is 3. The Hall–Kier alpha value is -7.09. The summed E-state index contributed by atoms with van der Waals surface area (Å²) in [6.45, 7) is 0. The molecule has 1 unspecified atom stereocenters. The van der Waals surface area contributed by atoms with Gasteiger partial charge >= 0.3 is 0 Å². The van der Waals surface area contributed by atoms with Crippen molar-refractivity contribution >= 4 is 0 Å². The Morgan fingerprint density at radius 1 is 0.423 bits per heavy atom. The van der Waals surface area contributed by atoms with Gasteiger partial charge in [0.15, 0.2) is 5.82 Å². The van der Waals surface area contributed by atoms with Crippen LogP contribution in [0.15, 0.2) is 176 Å². The van der Waals surface area contributed by atoms with Gasteiger partial charge in [0.05, 0.1) is 28.4 Å². The lowest BCUT2D eigenvalue weighted by molar-refractivity contribution is 0.436. The summed E-state index contributed by atoms with van der Waals surface area (Å²) in [7, 11) is 0. The number of nitriles is 1. The van der Waals surface area contributed by atoms with Gasteiger partial charge in [-0.2, -0.15) is 5.26 Å². The fourth-order valence-corrected chi connectivity index (χ4v) is 8.05. The Labute approximate surface area is 301 Å². The van der Waals surface area contributed by atoms with Crippen LogP contribution in [0.3, 0.4) is 0 Å². The normalized spacial score (nSPS) is 14.8. The fraction of sp³-hybridized carbons (Fsp3) is 0.0208. The Morgan fingerprint density at radius 2 is 0.981 bits per heavy atom. The summed E-state index contributed by atoms with van der Waals surface area (Å²) in [5.41, 5.74) is 13.7. The molecule has 0 amide bonds. The first-order chi connectivity index (χ1) is 25.7. The quantitative estimate of drug-likeness (QED) is 0.188. The van der Waals surface area contributed by atoms with Crippen molar-refractivity contribution in [3.63, 3.8) is 0 Å². The van der Waals surface area contributed by atoms with E-state index in [1.165, 1.54) is 22.3 Å². The minimum Gasteiger partial charge on any atom is -0.457 e. The highest BCUT2D eigenvalue weighted by molar-refractivity contribution is 5.91. The second-order valence-electron chi connectivity index (χ2n) is 13.2. The fourth-order valence-electron chi connectivity index (χ4n) is 8.05. The maximum absolute atomic E-state index is 9.46. The van der Waals surface area contributed by atoms with Crippen molar-refractivity contribution in [2.75, 3.05) is 0 Å². The van der Waals surface area contributed by atoms with Crippen LogP contribution in [-0.2, 0) is 5.41 Å². The number of hydrogen-bond acceptors (Lipinski definition) is 4. The van der Waals surface area contributed by atoms with Gasteiger partial charge in [0, 0.05) is 27.8 Å². The molecule has 4 nitrogen and oxygen atoms in total. The molecule has 7 aromatic carbocycles. The summed E-state index contributed by atoms with van der Waals surface area (Å²) < 4.78 is 6.74. The van der Waals surface area contributed by atoms with Crippen LogP contribution in [0.25, 0.3) is 56.2 Å². The molecule has 0 saturated heterocycles. The summed E-state index contributed by atoms with van der Waals surface area (Å²) in [6, 6.07) is 63.0. The standard InChI is InChI=1S/C48H29N3O/c49-30-31-19-21-32(22-20-31)35-23-25-38-37-15-7-8-16-39(37)48(41(38)27-35)40-17-9-10-18-45(40)52-46-26-24-36(28-42(46)48)47-50-43(33-11-3-1-4-12-33)29-44(51-47)34-13-5-2-6-14-34/h1-29H. The number of benzene rings is 7. The molecule has 2 aliphatic rings. The predicted octanol–water partition coefficient (Wildman–Crippen LogP) is 11.5. The number of aromatic nitrogens is 2. The van der Waals surface area contributed by atoms with Gasteiger partial charge in [-0.05, 0) is 81.9 Å². The second kappa shape index (κ2) is 11.8. The van der Waals surface area contributed by atoms with Crippen molar-refractivity contribution in [3.8, 4) is 73.7 Å². The molecule has 0 bridgehead atoms. The number of ether oxygens (including phenoxy) is 1. The molecule has 242 valence electrons. The van der Waals surface area contributed by atoms with Crippen LogP contribution in [0, 0.1) is 11.3 Å². The number of rotatable bonds is 4. The molecule has 0 radical (unpaired) electrons. The number of fused-ring (bicyclic) bond motifs is 9. The topological polar surface area (TPSA) is 58.8 Å². The van der Waals surface area contributed by atoms with E-state index >= 15 is 0 Å². The minimum absolute atomic E-state index is 0.641. The van der Waals surface area contributed by atoms with E-state index in [2.05, 4.69) is 115 Å². The van der Waals surface area contributed by atoms with Crippen LogP contribution in [0.1, 0.15) is 27.8 Å². The first-order valence-electron chi connectivity index (χ1n) is 17.4. The molecular weight excluding hydrogens is 635 g/mol. The highest BCUT2D eigenvalue weighted by Gasteiger charge is 2.51. The maximum atomic E-state index is 9.46. The Kier molecular flexibility index (Phi) is 6.74. The van der Waals surface area contributed by atoms with Crippen LogP contribution in [-0.4, -0.2) is 9.97 Å². The monoisotopic (exact) mass is 663 g/mol. The van der Waals surface area contributed by atoms with Crippen LogP contribution >= 0.6 is 0 Å². The number of hydrogen-bond donors (Lipinski definition) is 0. The molecule has 1 aromatic heterocycles. The molecule has 2 heterocycles. The first kappa shape index (κ1) is 29.8. The van der Waals surface area contributed by atoms with E-state index < -0.39 is 5.41 Å². The van der Waals surface area contributed by atoms with Gasteiger partial charge in [-0.3, -0.25) is 0 Å². The molecule has 1 aliphatic heterocycles. The second-order valence-corrected chi connectivity index (χ2v) is 13.2. The molecule has 0 saturated carbocycles. The summed E-state index contributed by atoms with van der Waals surface area (Å²) in [6.07, 6.45) is 0. The third-order valence-corrected chi connectivity index (χ3v) is 10.4. The molecule has 4 heteroatoms. The molecule has 0 N–H and O–H groups in total. The van der Waals surface area contributed by atoms with Crippen molar-refractivity contribution < 1.29 is 4.74 Å². The summed E-state index contributed by atoms with van der Waals surface area (Å²) in [5.74, 6) is 2.29. The maximum Gasteiger partial charge on any atom is 0.160 e. The Morgan fingerprint density at radius 3 is 1.69 bits per heavy atom. The van der Waals surface area contributed by atoms with Gasteiger partial charge < -0.3 is 4.74 Å². The summed E-state index contributed by atoms with van der Waals surface area (Å²) in [5, 5.41) is 9.46. The molecule has 0 fully saturated rings. The predicted molar refractivity (Wildman–Crippen MR) is 206 cm³/mol. The molecular formula is C48H29N3O. The average Bonchev–Trinajstić information content (AvgIpc) is 3.51. The third kappa shape index (κ3) is 4.54. The highest BCUT2D eigenvalue weighted by atomic mass is 16.5. The van der Waals surface area contributed by atoms with Gasteiger partial charge in [-0.15, -0.1) is 0 Å². The zero-order chi connectivity index (χ0) is 34.6. The van der Waals surface area contributed by atoms with E-state index in [0.29, 0.717) is 11.4 Å². The van der Waals surface area contributed by atoms with Crippen molar-refractivity contribution in [3.05, 3.63) is 204 Å². The van der Waals surface area contributed by atoms with Crippen molar-refractivity contribution in [2.45, 2.75) is 5.41 Å². The lowest BCUT2D eigenvalue weighted by atomic mass is 9.65. The SMILES string of the molecule is N#Cc1ccc(-c2ccc3c(c2)C2(c4ccccc4Oc4ccc(-c5nc(-c6ccccc6)cc(-c6ccccc6)n5)cc42)c2ccccc2-3)cc1. The lowest BCUT2D eigenvalue weighted by Gasteiger charge is -2.39. The van der Waals surface area contributed by atoms with Gasteiger partial charge in [-0.25, -0.2) is 9.97 Å². The van der Waals surface area contributed by atoms with E-state index in [4.69, 9.17) is 14.7 Å². The smallest absolute Gasteiger partial charge is 0.160 e. The Balaban J connectivity index is 1.24. The van der Waals surface area contributed by atoms with Crippen LogP contribution in [0.2, 0.25) is 0 Å². The first-order valence-corrected chi connectivity index (χ1v) is 17.4. The largest absolute Gasteiger partial charge is 0.457 e. The van der Waals surface area contributed by atoms with Gasteiger partial charge in [0.2, 0.25) is 0 Å². The van der Waals surface area contributed by atoms with Crippen LogP contribution < -0.4 is 4.74 Å². The summed E-state index contributed by atoms with van der Waals surface area (Å²) >= 11 is 0. The molecule has 1 atom stereocenters. The molecule has 8 aromatic rings. The van der Waals surface area contributed by atoms with Crippen molar-refractivity contribution in [1.29, 1.82) is 5.26 Å². The molecule has 52 heavy (non-hydrogen) atoms. The highest BCUT2D eigenvalue weighted by Crippen LogP contribution is 2.62.